The molecule has 0 aliphatic carbocycles. The Morgan fingerprint density at radius 3 is 2.26 bits per heavy atom. The summed E-state index contributed by atoms with van der Waals surface area (Å²) in [5.74, 6) is -2.39. The molecule has 7 heteroatoms. The zero-order chi connectivity index (χ0) is 18.1. The van der Waals surface area contributed by atoms with E-state index in [-0.39, 0.29) is 18.3 Å². The van der Waals surface area contributed by atoms with E-state index in [1.807, 2.05) is 13.1 Å². The number of esters is 1. The van der Waals surface area contributed by atoms with Gasteiger partial charge in [-0.2, -0.15) is 0 Å². The summed E-state index contributed by atoms with van der Waals surface area (Å²) >= 11 is 0. The van der Waals surface area contributed by atoms with E-state index in [0.717, 1.165) is 0 Å². The predicted molar refractivity (Wildman–Crippen MR) is 88.6 cm³/mol. The minimum Gasteiger partial charge on any atom is -0.460 e. The molecule has 1 heterocycles. The lowest BCUT2D eigenvalue weighted by atomic mass is 10.1. The van der Waals surface area contributed by atoms with Gasteiger partial charge in [-0.15, -0.1) is 0 Å². The molecule has 1 fully saturated rings. The first-order valence-corrected chi connectivity index (χ1v) is 10.9. The zero-order valence-electron chi connectivity index (χ0n) is 15.5. The number of rotatable bonds is 6. The Hall–Kier alpha value is -0.763. The minimum atomic E-state index is -2.28. The van der Waals surface area contributed by atoms with E-state index in [1.54, 1.807) is 20.8 Å². The molecule has 134 valence electrons. The molecule has 0 aromatic carbocycles. The summed E-state index contributed by atoms with van der Waals surface area (Å²) in [4.78, 5) is 24.4. The molecular weight excluding hydrogens is 316 g/mol. The third-order valence-corrected chi connectivity index (χ3v) is 8.79. The first-order chi connectivity index (χ1) is 10.3. The minimum absolute atomic E-state index is 0.102. The van der Waals surface area contributed by atoms with Crippen LogP contribution in [0.2, 0.25) is 18.1 Å². The van der Waals surface area contributed by atoms with E-state index in [4.69, 9.17) is 18.6 Å². The first kappa shape index (κ1) is 20.3. The average Bonchev–Trinajstić information content (AvgIpc) is 2.74. The van der Waals surface area contributed by atoms with Crippen molar-refractivity contribution in [1.29, 1.82) is 0 Å². The fraction of sp³-hybridized carbons (Fsp3) is 0.875. The van der Waals surface area contributed by atoms with Gasteiger partial charge in [0.1, 0.15) is 12.2 Å². The fourth-order valence-corrected chi connectivity index (χ4v) is 3.22. The SMILES string of the molecule is CCOC(=O)C(=O)[C@H](O[Si](C)(C)C(C)(C)C)[C@H]1COC(C)(C)O1. The van der Waals surface area contributed by atoms with Crippen molar-refractivity contribution in [2.24, 2.45) is 0 Å². The Kier molecular flexibility index (Phi) is 6.18. The Balaban J connectivity index is 3.03. The van der Waals surface area contributed by atoms with Crippen molar-refractivity contribution in [3.63, 3.8) is 0 Å². The largest absolute Gasteiger partial charge is 0.460 e. The van der Waals surface area contributed by atoms with Gasteiger partial charge in [-0.1, -0.05) is 20.8 Å². The van der Waals surface area contributed by atoms with E-state index in [2.05, 4.69) is 20.8 Å². The number of hydrogen-bond acceptors (Lipinski definition) is 6. The van der Waals surface area contributed by atoms with Crippen LogP contribution in [-0.2, 0) is 28.2 Å². The van der Waals surface area contributed by atoms with Crippen molar-refractivity contribution in [1.82, 2.24) is 0 Å². The second kappa shape index (κ2) is 7.00. The maximum Gasteiger partial charge on any atom is 0.377 e. The maximum absolute atomic E-state index is 12.5. The molecule has 0 radical (unpaired) electrons. The summed E-state index contributed by atoms with van der Waals surface area (Å²) in [5.41, 5.74) is 0. The molecule has 0 N–H and O–H groups in total. The Morgan fingerprint density at radius 2 is 1.87 bits per heavy atom. The van der Waals surface area contributed by atoms with Crippen LogP contribution in [0, 0.1) is 0 Å². The van der Waals surface area contributed by atoms with E-state index < -0.39 is 38.1 Å². The predicted octanol–water partition coefficient (Wildman–Crippen LogP) is 2.66. The highest BCUT2D eigenvalue weighted by Gasteiger charge is 2.48. The van der Waals surface area contributed by atoms with E-state index in [1.165, 1.54) is 0 Å². The Morgan fingerprint density at radius 1 is 1.30 bits per heavy atom. The molecule has 0 saturated carbocycles. The Bertz CT molecular complexity index is 452. The van der Waals surface area contributed by atoms with Gasteiger partial charge < -0.3 is 18.6 Å². The number of carbonyl (C=O) groups is 2. The van der Waals surface area contributed by atoms with Gasteiger partial charge in [0, 0.05) is 0 Å². The first-order valence-electron chi connectivity index (χ1n) is 8.01. The summed E-state index contributed by atoms with van der Waals surface area (Å²) in [6, 6.07) is 0. The van der Waals surface area contributed by atoms with Crippen LogP contribution < -0.4 is 0 Å². The third kappa shape index (κ3) is 5.10. The van der Waals surface area contributed by atoms with Crippen LogP contribution >= 0.6 is 0 Å². The number of hydrogen-bond donors (Lipinski definition) is 0. The topological polar surface area (TPSA) is 71.1 Å². The van der Waals surface area contributed by atoms with Crippen LogP contribution in [0.15, 0.2) is 0 Å². The molecule has 1 saturated heterocycles. The van der Waals surface area contributed by atoms with Gasteiger partial charge in [-0.25, -0.2) is 4.79 Å². The van der Waals surface area contributed by atoms with Crippen LogP contribution in [0.5, 0.6) is 0 Å². The van der Waals surface area contributed by atoms with Crippen molar-refractivity contribution in [3.05, 3.63) is 0 Å². The molecule has 1 aliphatic rings. The van der Waals surface area contributed by atoms with Crippen molar-refractivity contribution < 1.29 is 28.2 Å². The fourth-order valence-electron chi connectivity index (χ4n) is 1.98. The summed E-state index contributed by atoms with van der Waals surface area (Å²) in [6.07, 6.45) is -1.62. The smallest absolute Gasteiger partial charge is 0.377 e. The third-order valence-electron chi connectivity index (χ3n) is 4.33. The average molecular weight is 346 g/mol. The van der Waals surface area contributed by atoms with Crippen LogP contribution in [0.4, 0.5) is 0 Å². The van der Waals surface area contributed by atoms with Crippen LogP contribution in [0.1, 0.15) is 41.5 Å². The highest BCUT2D eigenvalue weighted by atomic mass is 28.4. The molecule has 0 aromatic rings. The normalized spacial score (nSPS) is 22.7. The van der Waals surface area contributed by atoms with Crippen molar-refractivity contribution in [2.45, 2.75) is 77.7 Å². The molecule has 1 aliphatic heterocycles. The van der Waals surface area contributed by atoms with Crippen LogP contribution in [0.25, 0.3) is 0 Å². The van der Waals surface area contributed by atoms with E-state index >= 15 is 0 Å². The van der Waals surface area contributed by atoms with Gasteiger partial charge in [0.05, 0.1) is 13.2 Å². The molecule has 1 rings (SSSR count). The monoisotopic (exact) mass is 346 g/mol. The molecule has 23 heavy (non-hydrogen) atoms. The number of carbonyl (C=O) groups excluding carboxylic acids is 2. The van der Waals surface area contributed by atoms with Crippen molar-refractivity contribution in [2.75, 3.05) is 13.2 Å². The molecular formula is C16H30O6Si. The lowest BCUT2D eigenvalue weighted by Gasteiger charge is -2.39. The van der Waals surface area contributed by atoms with Gasteiger partial charge in [0.25, 0.3) is 5.78 Å². The van der Waals surface area contributed by atoms with Gasteiger partial charge in [0.2, 0.25) is 0 Å². The highest BCUT2D eigenvalue weighted by molar-refractivity contribution is 6.74. The van der Waals surface area contributed by atoms with E-state index in [9.17, 15) is 9.59 Å². The lowest BCUT2D eigenvalue weighted by Crippen LogP contribution is -2.52. The van der Waals surface area contributed by atoms with Gasteiger partial charge in [-0.3, -0.25) is 4.79 Å². The molecule has 2 atom stereocenters. The van der Waals surface area contributed by atoms with Crippen LogP contribution in [0.3, 0.4) is 0 Å². The summed E-state index contributed by atoms with van der Waals surface area (Å²) in [6.45, 7) is 15.8. The molecule has 6 nitrogen and oxygen atoms in total. The molecule has 0 amide bonds. The van der Waals surface area contributed by atoms with E-state index in [0.29, 0.717) is 0 Å². The molecule has 0 spiro atoms. The molecule has 0 aromatic heterocycles. The van der Waals surface area contributed by atoms with Gasteiger partial charge in [-0.05, 0) is 38.9 Å². The Labute approximate surface area is 139 Å². The number of ketones is 1. The number of ether oxygens (including phenoxy) is 3. The second-order valence-corrected chi connectivity index (χ2v) is 12.5. The van der Waals surface area contributed by atoms with Crippen LogP contribution in [-0.4, -0.2) is 51.3 Å². The summed E-state index contributed by atoms with van der Waals surface area (Å²) in [5, 5.41) is -0.102. The lowest BCUT2D eigenvalue weighted by molar-refractivity contribution is -0.167. The second-order valence-electron chi connectivity index (χ2n) is 7.75. The maximum atomic E-state index is 12.5. The molecule has 0 bridgehead atoms. The van der Waals surface area contributed by atoms with Gasteiger partial charge in [0.15, 0.2) is 14.1 Å². The summed E-state index contributed by atoms with van der Waals surface area (Å²) in [7, 11) is -2.28. The summed E-state index contributed by atoms with van der Waals surface area (Å²) < 4.78 is 22.3. The van der Waals surface area contributed by atoms with Crippen molar-refractivity contribution >= 4 is 20.1 Å². The standard InChI is InChI=1S/C16H30O6Si/c1-9-19-14(18)12(17)13(11-10-20-16(5,6)21-11)22-23(7,8)15(2,3)4/h11,13H,9-10H2,1-8H3/t11-,13-/m1/s1. The quantitative estimate of drug-likeness (QED) is 0.418. The van der Waals surface area contributed by atoms with Gasteiger partial charge >= 0.3 is 5.97 Å². The zero-order valence-corrected chi connectivity index (χ0v) is 16.5. The highest BCUT2D eigenvalue weighted by Crippen LogP contribution is 2.39. The van der Waals surface area contributed by atoms with Crippen molar-refractivity contribution in [3.8, 4) is 0 Å². The number of Topliss-reactive ketones (excluding diaryl/α,β-unsaturated/α-hetero) is 1. The molecule has 0 unspecified atom stereocenters.